The van der Waals surface area contributed by atoms with E-state index < -0.39 is 41.9 Å². The topological polar surface area (TPSA) is 237 Å². The third-order valence-electron chi connectivity index (χ3n) is 4.45. The Morgan fingerprint density at radius 2 is 1.06 bits per heavy atom. The Kier molecular flexibility index (Phi) is 20.6. The molecule has 0 heterocycles. The third-order valence-corrected chi connectivity index (χ3v) is 4.45. The van der Waals surface area contributed by atoms with Crippen LogP contribution in [-0.2, 0) is 19.2 Å². The first-order valence-electron chi connectivity index (χ1n) is 11.0. The van der Waals surface area contributed by atoms with E-state index in [1.165, 1.54) is 0 Å². The summed E-state index contributed by atoms with van der Waals surface area (Å²) in [4.78, 5) is 45.3. The van der Waals surface area contributed by atoms with Gasteiger partial charge in [-0.15, -0.1) is 0 Å². The summed E-state index contributed by atoms with van der Waals surface area (Å²) in [5, 5.41) is 21.9. The molecule has 0 saturated carbocycles. The van der Waals surface area contributed by atoms with Gasteiger partial charge in [0.15, 0.2) is 0 Å². The average molecular weight is 463 g/mol. The van der Waals surface area contributed by atoms with Crippen LogP contribution in [0.2, 0.25) is 0 Å². The summed E-state index contributed by atoms with van der Waals surface area (Å²) in [7, 11) is 0. The van der Waals surface area contributed by atoms with Crippen LogP contribution in [0.4, 0.5) is 0 Å². The first-order chi connectivity index (χ1) is 15.1. The maximum absolute atomic E-state index is 12.6. The monoisotopic (exact) mass is 462 g/mol. The number of rotatable bonds is 17. The van der Waals surface area contributed by atoms with E-state index in [2.05, 4.69) is 10.6 Å². The molecule has 2 amide bonds. The summed E-state index contributed by atoms with van der Waals surface area (Å²) < 4.78 is 0. The van der Waals surface area contributed by atoms with Crippen molar-refractivity contribution in [3.8, 4) is 0 Å². The fourth-order valence-electron chi connectivity index (χ4n) is 2.70. The maximum Gasteiger partial charge on any atom is 0.326 e. The lowest BCUT2D eigenvalue weighted by Crippen LogP contribution is -2.54. The lowest BCUT2D eigenvalue weighted by atomic mass is 10.0. The predicted octanol–water partition coefficient (Wildman–Crippen LogP) is -1.15. The minimum atomic E-state index is -1.11. The summed E-state index contributed by atoms with van der Waals surface area (Å²) in [5.74, 6) is -2.91. The van der Waals surface area contributed by atoms with E-state index in [1.54, 1.807) is 0 Å². The first-order valence-corrected chi connectivity index (χ1v) is 11.0. The van der Waals surface area contributed by atoms with Crippen molar-refractivity contribution in [1.29, 1.82) is 0 Å². The molecule has 12 nitrogen and oxygen atoms in total. The summed E-state index contributed by atoms with van der Waals surface area (Å²) in [6, 6.07) is -2.61. The number of carbonyl (C=O) groups excluding carboxylic acids is 2. The quantitative estimate of drug-likeness (QED) is 0.121. The second-order valence-electron chi connectivity index (χ2n) is 7.44. The van der Waals surface area contributed by atoms with Crippen LogP contribution in [-0.4, -0.2) is 71.7 Å². The van der Waals surface area contributed by atoms with Gasteiger partial charge in [-0.2, -0.15) is 0 Å². The third kappa shape index (κ3) is 18.5. The zero-order valence-corrected chi connectivity index (χ0v) is 19.1. The van der Waals surface area contributed by atoms with Gasteiger partial charge >= 0.3 is 5.97 Å². The van der Waals surface area contributed by atoms with Crippen molar-refractivity contribution >= 4 is 23.8 Å². The molecule has 0 radical (unpaired) electrons. The number of nitrogens with two attached hydrogens (primary N) is 4. The van der Waals surface area contributed by atoms with Gasteiger partial charge in [-0.25, -0.2) is 4.79 Å². The molecule has 0 aromatic rings. The maximum atomic E-state index is 12.6. The number of carboxylic acids is 2. The molecule has 0 aliphatic rings. The van der Waals surface area contributed by atoms with Crippen LogP contribution in [0, 0.1) is 0 Å². The molecule has 0 aromatic heterocycles. The molecular weight excluding hydrogens is 420 g/mol. The van der Waals surface area contributed by atoms with Crippen molar-refractivity contribution in [1.82, 2.24) is 10.6 Å². The Morgan fingerprint density at radius 3 is 1.47 bits per heavy atom. The van der Waals surface area contributed by atoms with E-state index in [0.29, 0.717) is 58.2 Å². The predicted molar refractivity (Wildman–Crippen MR) is 121 cm³/mol. The number of aliphatic carboxylic acids is 2. The largest absolute Gasteiger partial charge is 0.481 e. The Morgan fingerprint density at radius 1 is 0.688 bits per heavy atom. The van der Waals surface area contributed by atoms with Gasteiger partial charge in [0.05, 0.1) is 6.04 Å². The van der Waals surface area contributed by atoms with Crippen molar-refractivity contribution in [2.45, 2.75) is 82.8 Å². The molecule has 32 heavy (non-hydrogen) atoms. The van der Waals surface area contributed by atoms with Gasteiger partial charge < -0.3 is 43.8 Å². The highest BCUT2D eigenvalue weighted by molar-refractivity contribution is 5.91. The minimum absolute atomic E-state index is 0.278. The molecule has 0 aliphatic carbocycles. The van der Waals surface area contributed by atoms with E-state index in [0.717, 1.165) is 19.8 Å². The molecule has 188 valence electrons. The van der Waals surface area contributed by atoms with Crippen LogP contribution >= 0.6 is 0 Å². The van der Waals surface area contributed by atoms with E-state index in [-0.39, 0.29) is 6.42 Å². The van der Waals surface area contributed by atoms with Crippen molar-refractivity contribution in [3.63, 3.8) is 0 Å². The normalized spacial score (nSPS) is 13.2. The molecule has 3 atom stereocenters. The van der Waals surface area contributed by atoms with E-state index in [9.17, 15) is 19.5 Å². The van der Waals surface area contributed by atoms with Crippen molar-refractivity contribution in [3.05, 3.63) is 0 Å². The average Bonchev–Trinajstić information content (AvgIpc) is 2.71. The number of carbonyl (C=O) groups is 4. The Balaban J connectivity index is 0. The number of hydrogen-bond acceptors (Lipinski definition) is 8. The highest BCUT2D eigenvalue weighted by atomic mass is 16.4. The smallest absolute Gasteiger partial charge is 0.326 e. The van der Waals surface area contributed by atoms with Gasteiger partial charge in [-0.1, -0.05) is 6.42 Å². The molecule has 0 saturated heterocycles. The van der Waals surface area contributed by atoms with Crippen molar-refractivity contribution in [2.75, 3.05) is 19.6 Å². The van der Waals surface area contributed by atoms with Gasteiger partial charge in [0.1, 0.15) is 12.1 Å². The summed E-state index contributed by atoms with van der Waals surface area (Å²) in [5.41, 5.74) is 22.2. The second-order valence-corrected chi connectivity index (χ2v) is 7.44. The fraction of sp³-hybridized carbons (Fsp3) is 0.800. The molecule has 0 rings (SSSR count). The number of carboxylic acid groups (broad SMARTS) is 2. The minimum Gasteiger partial charge on any atom is -0.481 e. The lowest BCUT2D eigenvalue weighted by Gasteiger charge is -2.23. The van der Waals surface area contributed by atoms with Crippen LogP contribution in [0.3, 0.4) is 0 Å². The highest BCUT2D eigenvalue weighted by Gasteiger charge is 2.27. The van der Waals surface area contributed by atoms with Crippen LogP contribution in [0.1, 0.15) is 64.7 Å². The zero-order valence-electron chi connectivity index (χ0n) is 19.1. The van der Waals surface area contributed by atoms with Crippen LogP contribution in [0.25, 0.3) is 0 Å². The Hall–Kier alpha value is -2.28. The number of amides is 2. The SMILES string of the molecule is CC(=O)O.NCCCC[C@H](NC(=O)[C@@H](CCCCN)NC(=O)[C@@H](N)CCCCN)C(=O)O. The van der Waals surface area contributed by atoms with Crippen molar-refractivity contribution < 1.29 is 29.4 Å². The van der Waals surface area contributed by atoms with E-state index in [1.807, 2.05) is 0 Å². The van der Waals surface area contributed by atoms with Gasteiger partial charge in [-0.3, -0.25) is 14.4 Å². The molecule has 12 heteroatoms. The first kappa shape index (κ1) is 31.9. The zero-order chi connectivity index (χ0) is 24.9. The van der Waals surface area contributed by atoms with Crippen molar-refractivity contribution in [2.24, 2.45) is 22.9 Å². The van der Waals surface area contributed by atoms with Crippen LogP contribution < -0.4 is 33.6 Å². The molecule has 0 fully saturated rings. The summed E-state index contributed by atoms with van der Waals surface area (Å²) >= 11 is 0. The molecule has 0 spiro atoms. The van der Waals surface area contributed by atoms with Gasteiger partial charge in [-0.05, 0) is 71.0 Å². The molecule has 0 unspecified atom stereocenters. The molecule has 0 aliphatic heterocycles. The van der Waals surface area contributed by atoms with E-state index in [4.69, 9.17) is 32.8 Å². The molecule has 0 aromatic carbocycles. The Bertz CT molecular complexity index is 545. The molecular formula is C20H42N6O6. The van der Waals surface area contributed by atoms with Crippen LogP contribution in [0.5, 0.6) is 0 Å². The summed E-state index contributed by atoms with van der Waals surface area (Å²) in [6.45, 7) is 2.54. The number of unbranched alkanes of at least 4 members (excludes halogenated alkanes) is 3. The second kappa shape index (κ2) is 20.6. The number of nitrogens with one attached hydrogen (secondary N) is 2. The molecule has 0 bridgehead atoms. The Labute approximate surface area is 189 Å². The standard InChI is InChI=1S/C18H38N6O4.C2H4O2/c19-10-4-1-7-13(22)16(25)23-14(8-2-5-11-20)17(26)24-15(18(27)28)9-3-6-12-21;1-2(3)4/h13-15H,1-12,19-22H2,(H,23,25)(H,24,26)(H,27,28);1H3,(H,3,4)/t13-,14+,15-;/m0./s1. The fourth-order valence-corrected chi connectivity index (χ4v) is 2.70. The van der Waals surface area contributed by atoms with E-state index >= 15 is 0 Å². The lowest BCUT2D eigenvalue weighted by molar-refractivity contribution is -0.142. The highest BCUT2D eigenvalue weighted by Crippen LogP contribution is 2.06. The van der Waals surface area contributed by atoms with Gasteiger partial charge in [0, 0.05) is 6.92 Å². The summed E-state index contributed by atoms with van der Waals surface area (Å²) in [6.07, 6.45) is 5.18. The van der Waals surface area contributed by atoms with Crippen LogP contribution in [0.15, 0.2) is 0 Å². The van der Waals surface area contributed by atoms with Gasteiger partial charge in [0.2, 0.25) is 11.8 Å². The molecule has 12 N–H and O–H groups in total. The van der Waals surface area contributed by atoms with Gasteiger partial charge in [0.25, 0.3) is 5.97 Å². The number of hydrogen-bond donors (Lipinski definition) is 8.